The Hall–Kier alpha value is -1.02. The van der Waals surface area contributed by atoms with Crippen molar-refractivity contribution >= 4 is 10.0 Å². The number of rotatable bonds is 9. The van der Waals surface area contributed by atoms with E-state index in [1.165, 1.54) is 12.1 Å². The average molecular weight is 318 g/mol. The molecule has 7 heteroatoms. The van der Waals surface area contributed by atoms with E-state index >= 15 is 0 Å². The number of ether oxygens (including phenoxy) is 1. The van der Waals surface area contributed by atoms with E-state index in [-0.39, 0.29) is 24.1 Å². The van der Waals surface area contributed by atoms with Crippen LogP contribution in [0.2, 0.25) is 0 Å². The monoisotopic (exact) mass is 318 g/mol. The molecular weight excluding hydrogens is 295 g/mol. The van der Waals surface area contributed by atoms with E-state index < -0.39 is 15.8 Å². The third kappa shape index (κ3) is 6.09. The lowest BCUT2D eigenvalue weighted by Crippen LogP contribution is -2.28. The summed E-state index contributed by atoms with van der Waals surface area (Å²) in [5.41, 5.74) is 0.718. The van der Waals surface area contributed by atoms with E-state index in [1.54, 1.807) is 6.07 Å². The maximum absolute atomic E-state index is 13.8. The van der Waals surface area contributed by atoms with Gasteiger partial charge in [0.05, 0.1) is 6.61 Å². The molecule has 0 saturated heterocycles. The fraction of sp³-hybridized carbons (Fsp3) is 0.571. The van der Waals surface area contributed by atoms with Crippen LogP contribution in [0.3, 0.4) is 0 Å². The first-order valence-electron chi connectivity index (χ1n) is 6.96. The summed E-state index contributed by atoms with van der Waals surface area (Å²) in [6.45, 7) is 7.15. The minimum Gasteiger partial charge on any atom is -0.380 e. The Labute approximate surface area is 125 Å². The number of sulfonamides is 1. The predicted octanol–water partition coefficient (Wildman–Crippen LogP) is 1.64. The molecule has 21 heavy (non-hydrogen) atoms. The highest BCUT2D eigenvalue weighted by atomic mass is 32.2. The molecule has 1 aromatic rings. The quantitative estimate of drug-likeness (QED) is 0.679. The first kappa shape index (κ1) is 18.0. The first-order chi connectivity index (χ1) is 9.86. The summed E-state index contributed by atoms with van der Waals surface area (Å²) >= 11 is 0. The van der Waals surface area contributed by atoms with Gasteiger partial charge >= 0.3 is 0 Å². The van der Waals surface area contributed by atoms with Crippen molar-refractivity contribution in [1.29, 1.82) is 0 Å². The van der Waals surface area contributed by atoms with E-state index in [0.29, 0.717) is 13.2 Å². The Kier molecular flexibility index (Phi) is 7.24. The van der Waals surface area contributed by atoms with Crippen molar-refractivity contribution < 1.29 is 17.5 Å². The van der Waals surface area contributed by atoms with Crippen LogP contribution in [0.15, 0.2) is 23.1 Å². The lowest BCUT2D eigenvalue weighted by molar-refractivity contribution is 0.153. The lowest BCUT2D eigenvalue weighted by atomic mass is 10.2. The highest BCUT2D eigenvalue weighted by molar-refractivity contribution is 7.89. The Balaban J connectivity index is 2.81. The Morgan fingerprint density at radius 2 is 2.05 bits per heavy atom. The second kappa shape index (κ2) is 8.43. The largest absolute Gasteiger partial charge is 0.380 e. The third-order valence-electron chi connectivity index (χ3n) is 2.74. The van der Waals surface area contributed by atoms with Crippen LogP contribution in [0, 0.1) is 5.82 Å². The van der Waals surface area contributed by atoms with E-state index in [9.17, 15) is 12.8 Å². The molecule has 2 N–H and O–H groups in total. The first-order valence-corrected chi connectivity index (χ1v) is 8.44. The second-order valence-corrected chi connectivity index (χ2v) is 6.63. The molecule has 1 rings (SSSR count). The highest BCUT2D eigenvalue weighted by Gasteiger charge is 2.19. The Morgan fingerprint density at radius 1 is 1.33 bits per heavy atom. The standard InChI is InChI=1S/C14H23FN2O3S/c1-4-20-8-7-17-21(18,19)14-9-12(5-6-13(14)15)10-16-11(2)3/h5-6,9,11,16-17H,4,7-8,10H2,1-3H3. The van der Waals surface area contributed by atoms with Gasteiger partial charge in [0.2, 0.25) is 10.0 Å². The summed E-state index contributed by atoms with van der Waals surface area (Å²) in [6.07, 6.45) is 0. The molecule has 120 valence electrons. The van der Waals surface area contributed by atoms with Crippen molar-refractivity contribution in [1.82, 2.24) is 10.0 Å². The van der Waals surface area contributed by atoms with Crippen LogP contribution in [-0.2, 0) is 21.3 Å². The fourth-order valence-electron chi connectivity index (χ4n) is 1.66. The second-order valence-electron chi connectivity index (χ2n) is 4.90. The molecule has 0 amide bonds. The molecule has 0 spiro atoms. The van der Waals surface area contributed by atoms with Crippen LogP contribution < -0.4 is 10.0 Å². The Morgan fingerprint density at radius 3 is 2.67 bits per heavy atom. The minimum absolute atomic E-state index is 0.115. The summed E-state index contributed by atoms with van der Waals surface area (Å²) in [5.74, 6) is -0.757. The third-order valence-corrected chi connectivity index (χ3v) is 4.22. The molecule has 0 aromatic heterocycles. The van der Waals surface area contributed by atoms with Crippen LogP contribution in [0.5, 0.6) is 0 Å². The van der Waals surface area contributed by atoms with Crippen molar-refractivity contribution in [2.75, 3.05) is 19.8 Å². The molecule has 0 aliphatic carbocycles. The number of hydrogen-bond acceptors (Lipinski definition) is 4. The SMILES string of the molecule is CCOCCNS(=O)(=O)c1cc(CNC(C)C)ccc1F. The smallest absolute Gasteiger partial charge is 0.243 e. The summed E-state index contributed by atoms with van der Waals surface area (Å²) in [5, 5.41) is 3.16. The van der Waals surface area contributed by atoms with Gasteiger partial charge in [0.1, 0.15) is 10.7 Å². The zero-order valence-corrected chi connectivity index (χ0v) is 13.5. The molecule has 5 nitrogen and oxygen atoms in total. The number of benzene rings is 1. The van der Waals surface area contributed by atoms with Gasteiger partial charge in [-0.05, 0) is 24.6 Å². The topological polar surface area (TPSA) is 67.4 Å². The van der Waals surface area contributed by atoms with E-state index in [2.05, 4.69) is 10.0 Å². The molecule has 0 atom stereocenters. The summed E-state index contributed by atoms with van der Waals surface area (Å²) < 4.78 is 45.3. The molecule has 0 bridgehead atoms. The zero-order valence-electron chi connectivity index (χ0n) is 12.6. The maximum Gasteiger partial charge on any atom is 0.243 e. The van der Waals surface area contributed by atoms with Gasteiger partial charge in [0.25, 0.3) is 0 Å². The van der Waals surface area contributed by atoms with Gasteiger partial charge in [-0.25, -0.2) is 17.5 Å². The predicted molar refractivity (Wildman–Crippen MR) is 80.1 cm³/mol. The number of nitrogens with one attached hydrogen (secondary N) is 2. The average Bonchev–Trinajstić information content (AvgIpc) is 2.42. The molecule has 0 fully saturated rings. The van der Waals surface area contributed by atoms with E-state index in [0.717, 1.165) is 5.56 Å². The van der Waals surface area contributed by atoms with E-state index in [4.69, 9.17) is 4.74 Å². The van der Waals surface area contributed by atoms with Gasteiger partial charge in [-0.1, -0.05) is 19.9 Å². The number of halogens is 1. The number of hydrogen-bond donors (Lipinski definition) is 2. The van der Waals surface area contributed by atoms with Gasteiger partial charge in [-0.2, -0.15) is 0 Å². The van der Waals surface area contributed by atoms with Crippen molar-refractivity contribution in [2.24, 2.45) is 0 Å². The lowest BCUT2D eigenvalue weighted by Gasteiger charge is -2.11. The van der Waals surface area contributed by atoms with Gasteiger partial charge in [-0.15, -0.1) is 0 Å². The normalized spacial score (nSPS) is 12.0. The molecule has 0 aliphatic rings. The van der Waals surface area contributed by atoms with E-state index in [1.807, 2.05) is 20.8 Å². The van der Waals surface area contributed by atoms with Crippen LogP contribution in [0.1, 0.15) is 26.3 Å². The minimum atomic E-state index is -3.87. The van der Waals surface area contributed by atoms with Gasteiger partial charge in [0, 0.05) is 25.7 Å². The molecule has 0 heterocycles. The van der Waals surface area contributed by atoms with Gasteiger partial charge in [-0.3, -0.25) is 0 Å². The zero-order chi connectivity index (χ0) is 15.9. The maximum atomic E-state index is 13.8. The van der Waals surface area contributed by atoms with Crippen LogP contribution in [0.4, 0.5) is 4.39 Å². The van der Waals surface area contributed by atoms with Crippen LogP contribution in [-0.4, -0.2) is 34.2 Å². The highest BCUT2D eigenvalue weighted by Crippen LogP contribution is 2.16. The van der Waals surface area contributed by atoms with Gasteiger partial charge < -0.3 is 10.1 Å². The van der Waals surface area contributed by atoms with Gasteiger partial charge in [0.15, 0.2) is 0 Å². The molecule has 0 radical (unpaired) electrons. The molecule has 1 aromatic carbocycles. The molecule has 0 aliphatic heterocycles. The van der Waals surface area contributed by atoms with Crippen molar-refractivity contribution in [3.8, 4) is 0 Å². The van der Waals surface area contributed by atoms with Crippen LogP contribution >= 0.6 is 0 Å². The van der Waals surface area contributed by atoms with Crippen molar-refractivity contribution in [2.45, 2.75) is 38.3 Å². The summed E-state index contributed by atoms with van der Waals surface area (Å²) in [4.78, 5) is -0.331. The van der Waals surface area contributed by atoms with Crippen molar-refractivity contribution in [3.05, 3.63) is 29.6 Å². The van der Waals surface area contributed by atoms with Crippen molar-refractivity contribution in [3.63, 3.8) is 0 Å². The summed E-state index contributed by atoms with van der Waals surface area (Å²) in [6, 6.07) is 4.37. The molecule has 0 saturated carbocycles. The Bertz CT molecular complexity index is 547. The molecular formula is C14H23FN2O3S. The fourth-order valence-corrected chi connectivity index (χ4v) is 2.79. The van der Waals surface area contributed by atoms with Crippen LogP contribution in [0.25, 0.3) is 0 Å². The molecule has 0 unspecified atom stereocenters. The summed E-state index contributed by atoms with van der Waals surface area (Å²) in [7, 11) is -3.87.